The van der Waals surface area contributed by atoms with Crippen LogP contribution in [0.1, 0.15) is 16.8 Å². The van der Waals surface area contributed by atoms with Crippen LogP contribution in [0.3, 0.4) is 0 Å². The third-order valence-electron chi connectivity index (χ3n) is 5.49. The van der Waals surface area contributed by atoms with Crippen LogP contribution in [0.25, 0.3) is 16.9 Å². The first-order valence-corrected chi connectivity index (χ1v) is 11.0. The van der Waals surface area contributed by atoms with E-state index >= 15 is 0 Å². The lowest BCUT2D eigenvalue weighted by atomic mass is 10.1. The largest absolute Gasteiger partial charge is 0.416 e. The molecule has 1 unspecified atom stereocenters. The van der Waals surface area contributed by atoms with E-state index < -0.39 is 48.1 Å². The number of hydrogen-bond acceptors (Lipinski definition) is 9. The van der Waals surface area contributed by atoms with Crippen molar-refractivity contribution < 1.29 is 32.7 Å². The van der Waals surface area contributed by atoms with Crippen LogP contribution in [0.15, 0.2) is 43.1 Å². The monoisotopic (exact) mass is 529 g/mol. The van der Waals surface area contributed by atoms with Crippen molar-refractivity contribution in [1.29, 1.82) is 0 Å². The van der Waals surface area contributed by atoms with Gasteiger partial charge in [0.2, 0.25) is 17.4 Å². The number of rotatable bonds is 7. The Kier molecular flexibility index (Phi) is 6.17. The van der Waals surface area contributed by atoms with Gasteiger partial charge in [-0.25, -0.2) is 14.5 Å². The molecule has 0 radical (unpaired) electrons. The van der Waals surface area contributed by atoms with Gasteiger partial charge in [-0.1, -0.05) is 11.6 Å². The topological polar surface area (TPSA) is 150 Å². The number of carbonyl (C=O) groups excluding carboxylic acids is 4. The van der Waals surface area contributed by atoms with E-state index in [0.717, 1.165) is 10.9 Å². The number of alkyl halides is 2. The number of fused-ring (bicyclic) bond motifs is 1. The number of ketones is 3. The Labute approximate surface area is 210 Å². The van der Waals surface area contributed by atoms with Gasteiger partial charge in [0.1, 0.15) is 17.2 Å². The number of pyridine rings is 1. The first kappa shape index (κ1) is 24.1. The molecule has 15 heteroatoms. The molecule has 188 valence electrons. The number of ether oxygens (including phenoxy) is 1. The van der Waals surface area contributed by atoms with Crippen molar-refractivity contribution >= 4 is 46.2 Å². The predicted molar refractivity (Wildman–Crippen MR) is 121 cm³/mol. The van der Waals surface area contributed by atoms with Crippen molar-refractivity contribution in [2.75, 3.05) is 5.32 Å². The van der Waals surface area contributed by atoms with Gasteiger partial charge >= 0.3 is 6.61 Å². The van der Waals surface area contributed by atoms with E-state index in [1.54, 1.807) is 12.3 Å². The highest BCUT2D eigenvalue weighted by Gasteiger charge is 2.40. The van der Waals surface area contributed by atoms with Crippen LogP contribution in [0, 0.1) is 5.92 Å². The van der Waals surface area contributed by atoms with Gasteiger partial charge < -0.3 is 10.1 Å². The number of aromatic nitrogens is 6. The Morgan fingerprint density at radius 1 is 1.24 bits per heavy atom. The SMILES string of the molecule is O=C1CC(=O)C(Cn2cc(NC(=O)c3cnn4cccnc34)c(-c3cc(Cl)cnc3OC(F)F)n2)C1=O. The molecular weight excluding hydrogens is 516 g/mol. The molecule has 0 aromatic carbocycles. The summed E-state index contributed by atoms with van der Waals surface area (Å²) >= 11 is 6.03. The molecule has 5 rings (SSSR count). The maximum Gasteiger partial charge on any atom is 0.388 e. The van der Waals surface area contributed by atoms with E-state index in [1.807, 2.05) is 0 Å². The van der Waals surface area contributed by atoms with Crippen molar-refractivity contribution in [3.8, 4) is 17.1 Å². The number of nitrogens with one attached hydrogen (secondary N) is 1. The summed E-state index contributed by atoms with van der Waals surface area (Å²) in [6.45, 7) is -3.54. The van der Waals surface area contributed by atoms with Crippen molar-refractivity contribution in [1.82, 2.24) is 29.4 Å². The summed E-state index contributed by atoms with van der Waals surface area (Å²) in [6, 6.07) is 2.87. The third kappa shape index (κ3) is 4.65. The average molecular weight is 530 g/mol. The summed E-state index contributed by atoms with van der Waals surface area (Å²) in [4.78, 5) is 57.0. The number of Topliss-reactive ketones (excluding diaryl/α,β-unsaturated/α-hetero) is 3. The molecule has 0 saturated heterocycles. The fraction of sp³-hybridized carbons (Fsp3) is 0.182. The second-order valence-corrected chi connectivity index (χ2v) is 8.32. The van der Waals surface area contributed by atoms with Crippen molar-refractivity contribution in [3.05, 3.63) is 53.7 Å². The van der Waals surface area contributed by atoms with Crippen LogP contribution in [0.5, 0.6) is 5.88 Å². The van der Waals surface area contributed by atoms with Crippen LogP contribution < -0.4 is 10.1 Å². The van der Waals surface area contributed by atoms with Crippen LogP contribution in [0.2, 0.25) is 5.02 Å². The van der Waals surface area contributed by atoms with Gasteiger partial charge in [-0.15, -0.1) is 0 Å². The van der Waals surface area contributed by atoms with Gasteiger partial charge in [-0.2, -0.15) is 19.0 Å². The van der Waals surface area contributed by atoms with E-state index in [9.17, 15) is 28.0 Å². The molecule has 1 amide bonds. The summed E-state index contributed by atoms with van der Waals surface area (Å²) in [5.74, 6) is -4.67. The zero-order chi connectivity index (χ0) is 26.3. The van der Waals surface area contributed by atoms with Crippen LogP contribution in [-0.2, 0) is 20.9 Å². The first-order chi connectivity index (χ1) is 17.7. The van der Waals surface area contributed by atoms with Crippen LogP contribution in [0.4, 0.5) is 14.5 Å². The van der Waals surface area contributed by atoms with Gasteiger partial charge in [-0.3, -0.25) is 23.9 Å². The van der Waals surface area contributed by atoms with E-state index in [0.29, 0.717) is 0 Å². The normalized spacial score (nSPS) is 15.7. The fourth-order valence-electron chi connectivity index (χ4n) is 3.84. The fourth-order valence-corrected chi connectivity index (χ4v) is 4.00. The third-order valence-corrected chi connectivity index (χ3v) is 5.70. The quantitative estimate of drug-likeness (QED) is 0.281. The first-order valence-electron chi connectivity index (χ1n) is 10.6. The Hall–Kier alpha value is -4.59. The number of hydrogen-bond donors (Lipinski definition) is 1. The number of anilines is 1. The minimum atomic E-state index is -3.22. The van der Waals surface area contributed by atoms with Crippen molar-refractivity contribution in [2.45, 2.75) is 19.6 Å². The maximum absolute atomic E-state index is 13.1. The lowest BCUT2D eigenvalue weighted by Crippen LogP contribution is -2.23. The molecule has 4 heterocycles. The molecule has 1 saturated carbocycles. The second-order valence-electron chi connectivity index (χ2n) is 7.88. The Balaban J connectivity index is 1.56. The van der Waals surface area contributed by atoms with Gasteiger partial charge in [0.25, 0.3) is 5.91 Å². The molecule has 0 spiro atoms. The number of halogens is 3. The Morgan fingerprint density at radius 2 is 2.05 bits per heavy atom. The smallest absolute Gasteiger partial charge is 0.388 e. The zero-order valence-electron chi connectivity index (χ0n) is 18.5. The zero-order valence-corrected chi connectivity index (χ0v) is 19.2. The van der Waals surface area contributed by atoms with E-state index in [4.69, 9.17) is 11.6 Å². The lowest BCUT2D eigenvalue weighted by molar-refractivity contribution is -0.136. The molecule has 1 aliphatic carbocycles. The molecule has 1 fully saturated rings. The minimum absolute atomic E-state index is 0.00677. The van der Waals surface area contributed by atoms with Crippen molar-refractivity contribution in [3.63, 3.8) is 0 Å². The molecule has 1 atom stereocenters. The Morgan fingerprint density at radius 3 is 2.78 bits per heavy atom. The van der Waals surface area contributed by atoms with Crippen LogP contribution in [-0.4, -0.2) is 59.2 Å². The van der Waals surface area contributed by atoms with Gasteiger partial charge in [0, 0.05) is 24.8 Å². The molecule has 37 heavy (non-hydrogen) atoms. The highest BCUT2D eigenvalue weighted by atomic mass is 35.5. The number of carbonyl (C=O) groups is 4. The van der Waals surface area contributed by atoms with Gasteiger partial charge in [0.15, 0.2) is 11.4 Å². The summed E-state index contributed by atoms with van der Waals surface area (Å²) in [5.41, 5.74) is 0.153. The highest BCUT2D eigenvalue weighted by molar-refractivity contribution is 6.49. The summed E-state index contributed by atoms with van der Waals surface area (Å²) in [5, 5.41) is 11.0. The number of nitrogens with zero attached hydrogens (tertiary/aromatic N) is 6. The van der Waals surface area contributed by atoms with E-state index in [-0.39, 0.29) is 39.7 Å². The molecule has 1 N–H and O–H groups in total. The second kappa shape index (κ2) is 9.46. The number of amides is 1. The molecular formula is C22H14ClF2N7O5. The highest BCUT2D eigenvalue weighted by Crippen LogP contribution is 2.36. The molecule has 0 aliphatic heterocycles. The standard InChI is InChI=1S/C22H14ClF2N7O5/c23-10-4-11(21(27-6-10)37-22(24)25)17-14(9-31(30-17)8-13-15(33)5-16(34)18(13)35)29-20(36)12-7-28-32-3-1-2-26-19(12)32/h1-4,6-7,9,13,22H,5,8H2,(H,29,36). The molecule has 0 bridgehead atoms. The van der Waals surface area contributed by atoms with E-state index in [1.165, 1.54) is 29.2 Å². The van der Waals surface area contributed by atoms with Gasteiger partial charge in [-0.05, 0) is 12.1 Å². The Bertz CT molecular complexity index is 1580. The molecule has 4 aromatic heterocycles. The molecule has 4 aromatic rings. The summed E-state index contributed by atoms with van der Waals surface area (Å²) < 4.78 is 33.1. The van der Waals surface area contributed by atoms with Crippen LogP contribution >= 0.6 is 11.6 Å². The lowest BCUT2D eigenvalue weighted by Gasteiger charge is -2.10. The average Bonchev–Trinajstić information content (AvgIpc) is 3.52. The van der Waals surface area contributed by atoms with Gasteiger partial charge in [0.05, 0.1) is 35.4 Å². The maximum atomic E-state index is 13.1. The van der Waals surface area contributed by atoms with E-state index in [2.05, 4.69) is 30.2 Å². The predicted octanol–water partition coefficient (Wildman–Crippen LogP) is 2.22. The molecule has 12 nitrogen and oxygen atoms in total. The summed E-state index contributed by atoms with van der Waals surface area (Å²) in [7, 11) is 0. The molecule has 1 aliphatic rings. The van der Waals surface area contributed by atoms with Crippen molar-refractivity contribution in [2.24, 2.45) is 5.92 Å². The minimum Gasteiger partial charge on any atom is -0.416 e. The summed E-state index contributed by atoms with van der Waals surface area (Å²) in [6.07, 6.45) is 6.21.